The molecular weight excluding hydrogens is 282 g/mol. The standard InChI is InChI=1S/C12H25N3O4S/c1-4-15(20(3,17)18)7-5-6-13-12(16)11-8-10(19-2)9-14-11/h10-11,14H,4-9H2,1-3H3,(H,13,16). The van der Waals surface area contributed by atoms with E-state index >= 15 is 0 Å². The first kappa shape index (κ1) is 17.4. The van der Waals surface area contributed by atoms with Crippen molar-refractivity contribution in [1.82, 2.24) is 14.9 Å². The van der Waals surface area contributed by atoms with Crippen LogP contribution in [0.1, 0.15) is 19.8 Å². The largest absolute Gasteiger partial charge is 0.380 e. The number of hydrogen-bond donors (Lipinski definition) is 2. The van der Waals surface area contributed by atoms with Gasteiger partial charge in [0.25, 0.3) is 0 Å². The Morgan fingerprint density at radius 3 is 2.70 bits per heavy atom. The number of rotatable bonds is 8. The van der Waals surface area contributed by atoms with E-state index in [1.54, 1.807) is 14.0 Å². The molecule has 0 aliphatic carbocycles. The van der Waals surface area contributed by atoms with E-state index in [9.17, 15) is 13.2 Å². The summed E-state index contributed by atoms with van der Waals surface area (Å²) in [6.07, 6.45) is 2.56. The maximum absolute atomic E-state index is 11.9. The molecule has 1 amide bonds. The molecule has 1 aliphatic heterocycles. The molecule has 1 heterocycles. The van der Waals surface area contributed by atoms with E-state index in [-0.39, 0.29) is 18.1 Å². The van der Waals surface area contributed by atoms with Crippen molar-refractivity contribution in [3.8, 4) is 0 Å². The normalized spacial score (nSPS) is 23.2. The number of nitrogens with one attached hydrogen (secondary N) is 2. The van der Waals surface area contributed by atoms with Gasteiger partial charge in [0.15, 0.2) is 0 Å². The molecule has 1 saturated heterocycles. The van der Waals surface area contributed by atoms with Crippen LogP contribution in [0.25, 0.3) is 0 Å². The average molecular weight is 307 g/mol. The Morgan fingerprint density at radius 1 is 1.50 bits per heavy atom. The molecule has 2 N–H and O–H groups in total. The van der Waals surface area contributed by atoms with E-state index in [2.05, 4.69) is 10.6 Å². The van der Waals surface area contributed by atoms with Crippen LogP contribution in [0, 0.1) is 0 Å². The number of sulfonamides is 1. The molecular formula is C12H25N3O4S. The van der Waals surface area contributed by atoms with Crippen LogP contribution in [-0.2, 0) is 19.6 Å². The Balaban J connectivity index is 2.23. The van der Waals surface area contributed by atoms with Gasteiger partial charge in [-0.1, -0.05) is 6.92 Å². The van der Waals surface area contributed by atoms with Gasteiger partial charge in [-0.25, -0.2) is 12.7 Å². The van der Waals surface area contributed by atoms with Gasteiger partial charge in [0.1, 0.15) is 0 Å². The Morgan fingerprint density at radius 2 is 2.20 bits per heavy atom. The monoisotopic (exact) mass is 307 g/mol. The van der Waals surface area contributed by atoms with Crippen molar-refractivity contribution >= 4 is 15.9 Å². The summed E-state index contributed by atoms with van der Waals surface area (Å²) in [6.45, 7) is 3.83. The molecule has 20 heavy (non-hydrogen) atoms. The molecule has 2 atom stereocenters. The molecule has 1 aliphatic rings. The topological polar surface area (TPSA) is 87.7 Å². The molecule has 1 rings (SSSR count). The number of ether oxygens (including phenoxy) is 1. The second-order valence-corrected chi connectivity index (χ2v) is 6.94. The molecule has 0 saturated carbocycles. The predicted molar refractivity (Wildman–Crippen MR) is 76.9 cm³/mol. The van der Waals surface area contributed by atoms with E-state index < -0.39 is 10.0 Å². The lowest BCUT2D eigenvalue weighted by Gasteiger charge is -2.18. The minimum absolute atomic E-state index is 0.0491. The second kappa shape index (κ2) is 7.92. The predicted octanol–water partition coefficient (Wildman–Crippen LogP) is -0.849. The maximum Gasteiger partial charge on any atom is 0.237 e. The highest BCUT2D eigenvalue weighted by Gasteiger charge is 2.28. The summed E-state index contributed by atoms with van der Waals surface area (Å²) in [5.41, 5.74) is 0. The van der Waals surface area contributed by atoms with Gasteiger partial charge in [-0.3, -0.25) is 4.79 Å². The molecule has 0 aromatic carbocycles. The smallest absolute Gasteiger partial charge is 0.237 e. The zero-order chi connectivity index (χ0) is 15.2. The summed E-state index contributed by atoms with van der Waals surface area (Å²) in [5, 5.41) is 5.92. The second-order valence-electron chi connectivity index (χ2n) is 4.95. The summed E-state index contributed by atoms with van der Waals surface area (Å²) < 4.78 is 29.3. The Hall–Kier alpha value is -0.700. The quantitative estimate of drug-likeness (QED) is 0.570. The lowest BCUT2D eigenvalue weighted by Crippen LogP contribution is -2.41. The number of methoxy groups -OCH3 is 1. The highest BCUT2D eigenvalue weighted by atomic mass is 32.2. The summed E-state index contributed by atoms with van der Waals surface area (Å²) >= 11 is 0. The fourth-order valence-electron chi connectivity index (χ4n) is 2.23. The summed E-state index contributed by atoms with van der Waals surface area (Å²) in [4.78, 5) is 11.9. The number of amides is 1. The molecule has 0 aromatic heterocycles. The van der Waals surface area contributed by atoms with E-state index in [0.29, 0.717) is 39.0 Å². The van der Waals surface area contributed by atoms with Crippen molar-refractivity contribution in [1.29, 1.82) is 0 Å². The number of carbonyl (C=O) groups is 1. The Bertz CT molecular complexity index is 413. The van der Waals surface area contributed by atoms with Gasteiger partial charge in [-0.15, -0.1) is 0 Å². The van der Waals surface area contributed by atoms with Gasteiger partial charge in [0.05, 0.1) is 18.4 Å². The molecule has 8 heteroatoms. The third kappa shape index (κ3) is 5.35. The van der Waals surface area contributed by atoms with Crippen LogP contribution in [0.2, 0.25) is 0 Å². The number of nitrogens with zero attached hydrogens (tertiary/aromatic N) is 1. The van der Waals surface area contributed by atoms with Crippen LogP contribution in [0.3, 0.4) is 0 Å². The first-order chi connectivity index (χ1) is 9.38. The third-order valence-electron chi connectivity index (χ3n) is 3.45. The lowest BCUT2D eigenvalue weighted by molar-refractivity contribution is -0.122. The average Bonchev–Trinajstić information content (AvgIpc) is 2.85. The van der Waals surface area contributed by atoms with Gasteiger partial charge >= 0.3 is 0 Å². The van der Waals surface area contributed by atoms with Crippen molar-refractivity contribution in [2.45, 2.75) is 31.9 Å². The van der Waals surface area contributed by atoms with Gasteiger partial charge in [-0.2, -0.15) is 0 Å². The molecule has 1 fully saturated rings. The van der Waals surface area contributed by atoms with Gasteiger partial charge in [-0.05, 0) is 12.8 Å². The highest BCUT2D eigenvalue weighted by molar-refractivity contribution is 7.88. The minimum atomic E-state index is -3.15. The van der Waals surface area contributed by atoms with Crippen LogP contribution >= 0.6 is 0 Å². The minimum Gasteiger partial charge on any atom is -0.380 e. The van der Waals surface area contributed by atoms with Crippen molar-refractivity contribution < 1.29 is 17.9 Å². The summed E-state index contributed by atoms with van der Waals surface area (Å²) in [5.74, 6) is -0.0491. The van der Waals surface area contributed by atoms with Crippen molar-refractivity contribution in [3.63, 3.8) is 0 Å². The van der Waals surface area contributed by atoms with E-state index in [4.69, 9.17) is 4.74 Å². The molecule has 2 unspecified atom stereocenters. The Kier molecular flexibility index (Phi) is 6.87. The van der Waals surface area contributed by atoms with Crippen LogP contribution < -0.4 is 10.6 Å². The fraction of sp³-hybridized carbons (Fsp3) is 0.917. The molecule has 0 bridgehead atoms. The van der Waals surface area contributed by atoms with Crippen LogP contribution in [0.5, 0.6) is 0 Å². The molecule has 7 nitrogen and oxygen atoms in total. The molecule has 0 radical (unpaired) electrons. The molecule has 118 valence electrons. The SMILES string of the molecule is CCN(CCCNC(=O)C1CC(OC)CN1)S(C)(=O)=O. The lowest BCUT2D eigenvalue weighted by atomic mass is 10.2. The fourth-order valence-corrected chi connectivity index (χ4v) is 3.16. The van der Waals surface area contributed by atoms with E-state index in [1.165, 1.54) is 10.6 Å². The van der Waals surface area contributed by atoms with Crippen molar-refractivity contribution in [3.05, 3.63) is 0 Å². The number of hydrogen-bond acceptors (Lipinski definition) is 5. The van der Waals surface area contributed by atoms with Crippen LogP contribution in [0.4, 0.5) is 0 Å². The number of carbonyl (C=O) groups excluding carboxylic acids is 1. The van der Waals surface area contributed by atoms with Crippen LogP contribution in [-0.4, -0.2) is 70.3 Å². The maximum atomic E-state index is 11.9. The van der Waals surface area contributed by atoms with E-state index in [1.807, 2.05) is 0 Å². The van der Waals surface area contributed by atoms with Gasteiger partial charge < -0.3 is 15.4 Å². The molecule has 0 spiro atoms. The zero-order valence-corrected chi connectivity index (χ0v) is 13.2. The summed E-state index contributed by atoms with van der Waals surface area (Å²) in [6, 6.07) is -0.211. The first-order valence-corrected chi connectivity index (χ1v) is 8.72. The van der Waals surface area contributed by atoms with Crippen LogP contribution in [0.15, 0.2) is 0 Å². The summed E-state index contributed by atoms with van der Waals surface area (Å²) in [7, 11) is -1.51. The first-order valence-electron chi connectivity index (χ1n) is 6.87. The highest BCUT2D eigenvalue weighted by Crippen LogP contribution is 2.09. The van der Waals surface area contributed by atoms with Gasteiger partial charge in [0, 0.05) is 33.3 Å². The van der Waals surface area contributed by atoms with Crippen molar-refractivity contribution in [2.75, 3.05) is 39.5 Å². The Labute approximate surface area is 121 Å². The molecule has 0 aromatic rings. The van der Waals surface area contributed by atoms with E-state index in [0.717, 1.165) is 0 Å². The van der Waals surface area contributed by atoms with Gasteiger partial charge in [0.2, 0.25) is 15.9 Å². The third-order valence-corrected chi connectivity index (χ3v) is 4.82. The zero-order valence-electron chi connectivity index (χ0n) is 12.4. The van der Waals surface area contributed by atoms with Crippen molar-refractivity contribution in [2.24, 2.45) is 0 Å².